The zero-order chi connectivity index (χ0) is 29.6. The average molecular weight is 647 g/mol. The fraction of sp³-hybridized carbons (Fsp3) is 0.588. The molecule has 0 radical (unpaired) electrons. The van der Waals surface area contributed by atoms with Gasteiger partial charge in [-0.1, -0.05) is 104 Å². The first kappa shape index (κ1) is 33.2. The van der Waals surface area contributed by atoms with E-state index >= 15 is 0 Å². The lowest BCUT2D eigenvalue weighted by Gasteiger charge is -2.03. The molecule has 0 aliphatic rings. The number of rotatable bonds is 21. The topological polar surface area (TPSA) is 52.6 Å². The van der Waals surface area contributed by atoms with Crippen molar-refractivity contribution in [3.05, 3.63) is 34.0 Å². The Morgan fingerprint density at radius 1 is 0.476 bits per heavy atom. The second kappa shape index (κ2) is 18.2. The molecule has 230 valence electrons. The molecule has 42 heavy (non-hydrogen) atoms. The Labute approximate surface area is 267 Å². The van der Waals surface area contributed by atoms with Crippen molar-refractivity contribution in [1.29, 1.82) is 0 Å². The third kappa shape index (κ3) is 10.2. The average Bonchev–Trinajstić information content (AvgIpc) is 3.75. The van der Waals surface area contributed by atoms with E-state index in [1.165, 1.54) is 109 Å². The molecule has 0 amide bonds. The summed E-state index contributed by atoms with van der Waals surface area (Å²) >= 11 is 6.45. The lowest BCUT2D eigenvalue weighted by atomic mass is 10.1. The van der Waals surface area contributed by atoms with E-state index in [1.807, 2.05) is 12.1 Å². The molecule has 0 saturated carbocycles. The molecule has 0 aliphatic carbocycles. The smallest absolute Gasteiger partial charge is 0.348 e. The Balaban J connectivity index is 1.19. The summed E-state index contributed by atoms with van der Waals surface area (Å²) in [7, 11) is 0. The summed E-state index contributed by atoms with van der Waals surface area (Å²) in [6, 6.07) is 8.30. The summed E-state index contributed by atoms with van der Waals surface area (Å²) in [4.78, 5) is 28.9. The second-order valence-electron chi connectivity index (χ2n) is 11.1. The van der Waals surface area contributed by atoms with Gasteiger partial charge in [-0.3, -0.25) is 0 Å². The zero-order valence-corrected chi connectivity index (χ0v) is 28.6. The molecular weight excluding hydrogens is 601 g/mol. The molecule has 4 nitrogen and oxygen atoms in total. The lowest BCUT2D eigenvalue weighted by molar-refractivity contribution is 0.0494. The maximum Gasteiger partial charge on any atom is 0.348 e. The number of fused-ring (bicyclic) bond motifs is 2. The summed E-state index contributed by atoms with van der Waals surface area (Å²) in [5.41, 5.74) is 0. The molecule has 4 aromatic heterocycles. The zero-order valence-electron chi connectivity index (χ0n) is 25.3. The van der Waals surface area contributed by atoms with E-state index in [9.17, 15) is 9.59 Å². The van der Waals surface area contributed by atoms with Crippen molar-refractivity contribution >= 4 is 76.1 Å². The van der Waals surface area contributed by atoms with Crippen LogP contribution in [0.2, 0.25) is 0 Å². The van der Waals surface area contributed by atoms with Crippen molar-refractivity contribution in [2.45, 2.75) is 117 Å². The minimum atomic E-state index is -0.202. The Morgan fingerprint density at radius 3 is 1.17 bits per heavy atom. The Kier molecular flexibility index (Phi) is 14.3. The first-order chi connectivity index (χ1) is 20.6. The Hall–Kier alpha value is -1.74. The monoisotopic (exact) mass is 646 g/mol. The Morgan fingerprint density at radius 2 is 0.810 bits per heavy atom. The summed E-state index contributed by atoms with van der Waals surface area (Å²) in [6.45, 7) is 5.49. The van der Waals surface area contributed by atoms with Crippen LogP contribution in [0.4, 0.5) is 0 Å². The van der Waals surface area contributed by atoms with Gasteiger partial charge in [0.2, 0.25) is 0 Å². The molecule has 0 atom stereocenters. The molecule has 4 aromatic rings. The van der Waals surface area contributed by atoms with E-state index in [-0.39, 0.29) is 11.9 Å². The van der Waals surface area contributed by atoms with E-state index < -0.39 is 0 Å². The quantitative estimate of drug-likeness (QED) is 0.0667. The van der Waals surface area contributed by atoms with Gasteiger partial charge in [-0.05, 0) is 37.1 Å². The van der Waals surface area contributed by atoms with Crippen molar-refractivity contribution in [2.75, 3.05) is 13.2 Å². The van der Waals surface area contributed by atoms with Gasteiger partial charge in [0.15, 0.2) is 0 Å². The van der Waals surface area contributed by atoms with E-state index in [0.29, 0.717) is 23.0 Å². The van der Waals surface area contributed by atoms with E-state index in [4.69, 9.17) is 9.47 Å². The highest BCUT2D eigenvalue weighted by molar-refractivity contribution is 7.34. The van der Waals surface area contributed by atoms with Crippen LogP contribution in [0, 0.1) is 0 Å². The number of carbonyl (C=O) groups excluding carboxylic acids is 2. The van der Waals surface area contributed by atoms with Gasteiger partial charge in [0.05, 0.1) is 13.2 Å². The van der Waals surface area contributed by atoms with Crippen molar-refractivity contribution in [3.8, 4) is 9.75 Å². The highest BCUT2D eigenvalue weighted by Gasteiger charge is 2.18. The highest BCUT2D eigenvalue weighted by atomic mass is 32.1. The standard InChI is InChI=1S/C34H46O4S4/c1-3-5-7-9-11-13-15-17-19-37-33(35)31-23-29-27(41-31)21-25(39-29)26-22-28-30(40-26)24-32(42-28)34(36)38-20-18-16-14-12-10-8-6-4-2/h21-24H,3-20H2,1-2H3. The van der Waals surface area contributed by atoms with Gasteiger partial charge in [-0.25, -0.2) is 9.59 Å². The maximum absolute atomic E-state index is 12.6. The molecule has 0 bridgehead atoms. The number of esters is 2. The molecule has 4 rings (SSSR count). The predicted octanol–water partition coefficient (Wildman–Crippen LogP) is 12.5. The largest absolute Gasteiger partial charge is 0.462 e. The van der Waals surface area contributed by atoms with Crippen LogP contribution < -0.4 is 0 Å². The molecule has 0 aromatic carbocycles. The number of hydrogen-bond donors (Lipinski definition) is 0. The van der Waals surface area contributed by atoms with Crippen LogP contribution in [0.1, 0.15) is 136 Å². The van der Waals surface area contributed by atoms with Crippen molar-refractivity contribution in [1.82, 2.24) is 0 Å². The Bertz CT molecular complexity index is 1210. The summed E-state index contributed by atoms with van der Waals surface area (Å²) < 4.78 is 15.6. The van der Waals surface area contributed by atoms with Gasteiger partial charge < -0.3 is 9.47 Å². The van der Waals surface area contributed by atoms with Crippen LogP contribution in [0.25, 0.3) is 28.6 Å². The second-order valence-corrected chi connectivity index (χ2v) is 15.5. The van der Waals surface area contributed by atoms with Crippen LogP contribution in [0.5, 0.6) is 0 Å². The first-order valence-electron chi connectivity index (χ1n) is 16.0. The van der Waals surface area contributed by atoms with Crippen LogP contribution in [0.15, 0.2) is 24.3 Å². The van der Waals surface area contributed by atoms with Gasteiger partial charge in [0, 0.05) is 28.6 Å². The normalized spacial score (nSPS) is 11.6. The number of unbranched alkanes of at least 4 members (excludes halogenated alkanes) is 14. The van der Waals surface area contributed by atoms with Crippen LogP contribution in [0.3, 0.4) is 0 Å². The third-order valence-corrected chi connectivity index (χ3v) is 12.3. The number of ether oxygens (including phenoxy) is 2. The first-order valence-corrected chi connectivity index (χ1v) is 19.3. The number of thiophene rings is 4. The van der Waals surface area contributed by atoms with Gasteiger partial charge in [0.25, 0.3) is 0 Å². The van der Waals surface area contributed by atoms with Crippen molar-refractivity contribution in [3.63, 3.8) is 0 Å². The number of carbonyl (C=O) groups is 2. The van der Waals surface area contributed by atoms with Gasteiger partial charge >= 0.3 is 11.9 Å². The van der Waals surface area contributed by atoms with Gasteiger partial charge in [-0.2, -0.15) is 0 Å². The predicted molar refractivity (Wildman–Crippen MR) is 184 cm³/mol. The van der Waals surface area contributed by atoms with E-state index in [0.717, 1.165) is 44.5 Å². The SMILES string of the molecule is CCCCCCCCCCOC(=O)c1cc2sc(-c3cc4sc(C(=O)OCCCCCCCCCC)cc4s3)cc2s1. The van der Waals surface area contributed by atoms with Gasteiger partial charge in [-0.15, -0.1) is 45.3 Å². The van der Waals surface area contributed by atoms with Crippen LogP contribution in [-0.4, -0.2) is 25.2 Å². The molecule has 0 N–H and O–H groups in total. The fourth-order valence-corrected chi connectivity index (χ4v) is 9.71. The minimum Gasteiger partial charge on any atom is -0.462 e. The molecule has 0 aliphatic heterocycles. The van der Waals surface area contributed by atoms with E-state index in [2.05, 4.69) is 26.0 Å². The molecule has 4 heterocycles. The highest BCUT2D eigenvalue weighted by Crippen LogP contribution is 2.44. The fourth-order valence-electron chi connectivity index (χ4n) is 5.06. The molecule has 0 spiro atoms. The molecule has 8 heteroatoms. The molecule has 0 fully saturated rings. The van der Waals surface area contributed by atoms with Gasteiger partial charge in [0.1, 0.15) is 9.75 Å². The van der Waals surface area contributed by atoms with E-state index in [1.54, 1.807) is 22.7 Å². The summed E-state index contributed by atoms with van der Waals surface area (Å²) in [5.74, 6) is -0.405. The van der Waals surface area contributed by atoms with Crippen molar-refractivity contribution < 1.29 is 19.1 Å². The molecular formula is C34H46O4S4. The molecule has 0 saturated heterocycles. The minimum absolute atomic E-state index is 0.202. The molecule has 0 unspecified atom stereocenters. The third-order valence-electron chi connectivity index (χ3n) is 7.52. The van der Waals surface area contributed by atoms with Crippen LogP contribution in [-0.2, 0) is 9.47 Å². The summed E-state index contributed by atoms with van der Waals surface area (Å²) in [5, 5.41) is 0. The maximum atomic E-state index is 12.6. The van der Waals surface area contributed by atoms with Crippen LogP contribution >= 0.6 is 45.3 Å². The van der Waals surface area contributed by atoms with Crippen molar-refractivity contribution in [2.24, 2.45) is 0 Å². The summed E-state index contributed by atoms with van der Waals surface area (Å²) in [6.07, 6.45) is 19.7. The lowest BCUT2D eigenvalue weighted by Crippen LogP contribution is -2.04. The number of hydrogen-bond acceptors (Lipinski definition) is 8.